The lowest BCUT2D eigenvalue weighted by molar-refractivity contribution is -0.139. The number of nitrogens with one attached hydrogen (secondary N) is 2. The molecular weight excluding hydrogens is 516 g/mol. The van der Waals surface area contributed by atoms with Crippen molar-refractivity contribution in [1.29, 1.82) is 0 Å². The number of ether oxygens (including phenoxy) is 1. The summed E-state index contributed by atoms with van der Waals surface area (Å²) in [5, 5.41) is 5.94. The molecule has 39 heavy (non-hydrogen) atoms. The van der Waals surface area contributed by atoms with Gasteiger partial charge in [0.15, 0.2) is 0 Å². The summed E-state index contributed by atoms with van der Waals surface area (Å²) in [6, 6.07) is 6.90. The molecule has 0 spiro atoms. The van der Waals surface area contributed by atoms with Gasteiger partial charge in [-0.2, -0.15) is 0 Å². The first kappa shape index (κ1) is 31.2. The van der Waals surface area contributed by atoms with Crippen molar-refractivity contribution >= 4 is 34.2 Å². The van der Waals surface area contributed by atoms with Crippen LogP contribution in [0.5, 0.6) is 0 Å². The third-order valence-electron chi connectivity index (χ3n) is 7.40. The van der Waals surface area contributed by atoms with Gasteiger partial charge in [-0.25, -0.2) is 0 Å². The standard InChI is InChI=1S/C29H46N4O5S/c1-3-8-26(29(36)31-24-9-5-4-6-10-24)33(16-7-15-32-17-19-38-20-18-32)28(35)22-39(37)21-27(34)30-25-13-11-23(2)12-14-25/h11-14,24,26H,3-10,15-22H2,1-2H3,(H,30,34)(H,31,36). The van der Waals surface area contributed by atoms with Crippen molar-refractivity contribution in [2.24, 2.45) is 0 Å². The Morgan fingerprint density at radius 3 is 2.44 bits per heavy atom. The van der Waals surface area contributed by atoms with Gasteiger partial charge in [0.25, 0.3) is 0 Å². The number of rotatable bonds is 14. The van der Waals surface area contributed by atoms with Crippen molar-refractivity contribution < 1.29 is 23.3 Å². The molecule has 0 bridgehead atoms. The minimum atomic E-state index is -1.69. The molecule has 1 heterocycles. The molecule has 9 nitrogen and oxygen atoms in total. The lowest BCUT2D eigenvalue weighted by Gasteiger charge is -2.34. The van der Waals surface area contributed by atoms with Crippen LogP contribution in [0.4, 0.5) is 5.69 Å². The quantitative estimate of drug-likeness (QED) is 0.361. The van der Waals surface area contributed by atoms with E-state index in [-0.39, 0.29) is 29.4 Å². The molecule has 1 aliphatic carbocycles. The summed E-state index contributed by atoms with van der Waals surface area (Å²) < 4.78 is 18.3. The fourth-order valence-corrected chi connectivity index (χ4v) is 6.15. The monoisotopic (exact) mass is 562 g/mol. The fraction of sp³-hybridized carbons (Fsp3) is 0.690. The van der Waals surface area contributed by atoms with Gasteiger partial charge in [-0.3, -0.25) is 23.5 Å². The second-order valence-corrected chi connectivity index (χ2v) is 12.1. The van der Waals surface area contributed by atoms with Crippen LogP contribution in [0.3, 0.4) is 0 Å². The van der Waals surface area contributed by atoms with E-state index in [1.54, 1.807) is 17.0 Å². The highest BCUT2D eigenvalue weighted by Crippen LogP contribution is 2.19. The van der Waals surface area contributed by atoms with Gasteiger partial charge >= 0.3 is 0 Å². The van der Waals surface area contributed by atoms with Crippen LogP contribution in [0, 0.1) is 6.92 Å². The van der Waals surface area contributed by atoms with Crippen molar-refractivity contribution in [3.05, 3.63) is 29.8 Å². The second kappa shape index (κ2) is 16.7. The van der Waals surface area contributed by atoms with Crippen molar-refractivity contribution in [2.45, 2.75) is 77.3 Å². The van der Waals surface area contributed by atoms with E-state index in [0.29, 0.717) is 38.3 Å². The third-order valence-corrected chi connectivity index (χ3v) is 8.55. The summed E-state index contributed by atoms with van der Waals surface area (Å²) in [6.45, 7) is 8.29. The Kier molecular flexibility index (Phi) is 13.4. The first-order valence-corrected chi connectivity index (χ1v) is 16.0. The van der Waals surface area contributed by atoms with Gasteiger partial charge in [-0.05, 0) is 44.7 Å². The maximum absolute atomic E-state index is 13.5. The van der Waals surface area contributed by atoms with E-state index >= 15 is 0 Å². The van der Waals surface area contributed by atoms with Gasteiger partial charge in [0, 0.05) is 48.7 Å². The van der Waals surface area contributed by atoms with Crippen molar-refractivity contribution in [2.75, 3.05) is 56.2 Å². The molecule has 1 saturated carbocycles. The highest BCUT2D eigenvalue weighted by Gasteiger charge is 2.31. The molecule has 0 aromatic heterocycles. The summed E-state index contributed by atoms with van der Waals surface area (Å²) in [6.07, 6.45) is 7.35. The van der Waals surface area contributed by atoms with Crippen LogP contribution in [-0.4, -0.2) is 94.7 Å². The fourth-order valence-electron chi connectivity index (χ4n) is 5.24. The van der Waals surface area contributed by atoms with Crippen LogP contribution < -0.4 is 10.6 Å². The molecule has 3 rings (SSSR count). The predicted octanol–water partition coefficient (Wildman–Crippen LogP) is 2.85. The largest absolute Gasteiger partial charge is 0.379 e. The maximum atomic E-state index is 13.5. The zero-order valence-corrected chi connectivity index (χ0v) is 24.4. The number of carbonyl (C=O) groups excluding carboxylic acids is 3. The molecule has 0 radical (unpaired) electrons. The Labute approximate surface area is 235 Å². The van der Waals surface area contributed by atoms with Crippen molar-refractivity contribution in [3.63, 3.8) is 0 Å². The number of benzene rings is 1. The molecule has 2 unspecified atom stereocenters. The predicted molar refractivity (Wildman–Crippen MR) is 155 cm³/mol. The SMILES string of the molecule is CCCC(C(=O)NC1CCCCC1)N(CCCN1CCOCC1)C(=O)CS(=O)CC(=O)Nc1ccc(C)cc1. The topological polar surface area (TPSA) is 108 Å². The highest BCUT2D eigenvalue weighted by molar-refractivity contribution is 7.86. The van der Waals surface area contributed by atoms with E-state index in [9.17, 15) is 18.6 Å². The van der Waals surface area contributed by atoms with Crippen LogP contribution in [0.2, 0.25) is 0 Å². The zero-order valence-electron chi connectivity index (χ0n) is 23.6. The summed E-state index contributed by atoms with van der Waals surface area (Å²) in [5.74, 6) is -1.41. The van der Waals surface area contributed by atoms with Crippen molar-refractivity contribution in [3.8, 4) is 0 Å². The third kappa shape index (κ3) is 11.0. The number of nitrogens with zero attached hydrogens (tertiary/aromatic N) is 2. The van der Waals surface area contributed by atoms with Gasteiger partial charge in [-0.15, -0.1) is 0 Å². The van der Waals surface area contributed by atoms with Crippen LogP contribution in [-0.2, 0) is 29.9 Å². The Morgan fingerprint density at radius 2 is 1.77 bits per heavy atom. The molecule has 2 N–H and O–H groups in total. The van der Waals surface area contributed by atoms with Gasteiger partial charge in [0.05, 0.1) is 13.2 Å². The van der Waals surface area contributed by atoms with E-state index < -0.39 is 22.7 Å². The average Bonchev–Trinajstić information content (AvgIpc) is 2.92. The molecule has 1 saturated heterocycles. The highest BCUT2D eigenvalue weighted by atomic mass is 32.2. The second-order valence-electron chi connectivity index (χ2n) is 10.7. The number of carbonyl (C=O) groups is 3. The summed E-state index contributed by atoms with van der Waals surface area (Å²) in [5.41, 5.74) is 1.70. The van der Waals surface area contributed by atoms with E-state index in [1.807, 2.05) is 26.0 Å². The number of anilines is 1. The van der Waals surface area contributed by atoms with Crippen LogP contribution in [0.25, 0.3) is 0 Å². The minimum Gasteiger partial charge on any atom is -0.379 e. The average molecular weight is 563 g/mol. The number of hydrogen-bond acceptors (Lipinski definition) is 6. The molecule has 1 aliphatic heterocycles. The summed E-state index contributed by atoms with van der Waals surface area (Å²) >= 11 is 0. The van der Waals surface area contributed by atoms with Crippen molar-refractivity contribution in [1.82, 2.24) is 15.1 Å². The van der Waals surface area contributed by atoms with Crippen LogP contribution in [0.1, 0.15) is 63.9 Å². The smallest absolute Gasteiger partial charge is 0.243 e. The molecule has 3 amide bonds. The van der Waals surface area contributed by atoms with Gasteiger partial charge in [0.1, 0.15) is 17.5 Å². The lowest BCUT2D eigenvalue weighted by Crippen LogP contribution is -2.53. The maximum Gasteiger partial charge on any atom is 0.243 e. The molecule has 10 heteroatoms. The van der Waals surface area contributed by atoms with E-state index in [2.05, 4.69) is 15.5 Å². The molecule has 1 aromatic rings. The minimum absolute atomic E-state index is 0.119. The lowest BCUT2D eigenvalue weighted by atomic mass is 9.95. The van der Waals surface area contributed by atoms with Gasteiger partial charge < -0.3 is 20.3 Å². The van der Waals surface area contributed by atoms with Gasteiger partial charge in [0.2, 0.25) is 17.7 Å². The van der Waals surface area contributed by atoms with E-state index in [1.165, 1.54) is 6.42 Å². The normalized spacial score (nSPS) is 18.2. The molecule has 2 fully saturated rings. The number of hydrogen-bond donors (Lipinski definition) is 2. The number of amides is 3. The van der Waals surface area contributed by atoms with E-state index in [0.717, 1.165) is 57.3 Å². The Balaban J connectivity index is 1.62. The van der Waals surface area contributed by atoms with Crippen LogP contribution in [0.15, 0.2) is 24.3 Å². The Morgan fingerprint density at radius 1 is 1.08 bits per heavy atom. The Hall–Kier alpha value is -2.30. The molecule has 218 valence electrons. The Bertz CT molecular complexity index is 946. The number of morpholine rings is 1. The first-order valence-electron chi connectivity index (χ1n) is 14.5. The first-order chi connectivity index (χ1) is 18.9. The summed E-state index contributed by atoms with van der Waals surface area (Å²) in [7, 11) is -1.69. The van der Waals surface area contributed by atoms with Crippen LogP contribution >= 0.6 is 0 Å². The molecular formula is C29H46N4O5S. The molecule has 1 aromatic carbocycles. The van der Waals surface area contributed by atoms with Gasteiger partial charge in [-0.1, -0.05) is 50.3 Å². The molecule has 2 aliphatic rings. The van der Waals surface area contributed by atoms with E-state index in [4.69, 9.17) is 4.74 Å². The number of aryl methyl sites for hydroxylation is 1. The summed E-state index contributed by atoms with van der Waals surface area (Å²) in [4.78, 5) is 43.3. The zero-order chi connectivity index (χ0) is 28.0. The molecule has 2 atom stereocenters.